The number of carbonyl (C=O) groups is 1. The largest absolute Gasteiger partial charge is 0.478 e. The van der Waals surface area contributed by atoms with E-state index in [0.29, 0.717) is 17.8 Å². The lowest BCUT2D eigenvalue weighted by molar-refractivity contribution is 0.0694. The number of hydrogen-bond donors (Lipinski definition) is 1. The molecule has 0 bridgehead atoms. The van der Waals surface area contributed by atoms with Crippen LogP contribution in [0.3, 0.4) is 0 Å². The highest BCUT2D eigenvalue weighted by atomic mass is 35.5. The molecule has 0 atom stereocenters. The molecule has 106 valence electrons. The van der Waals surface area contributed by atoms with E-state index in [-0.39, 0.29) is 0 Å². The van der Waals surface area contributed by atoms with E-state index in [2.05, 4.69) is 0 Å². The van der Waals surface area contributed by atoms with Crippen LogP contribution >= 0.6 is 34.7 Å². The Balaban J connectivity index is 2.34. The van der Waals surface area contributed by atoms with Crippen molar-refractivity contribution >= 4 is 46.4 Å². The highest BCUT2D eigenvalue weighted by molar-refractivity contribution is 7.98. The minimum Gasteiger partial charge on any atom is -0.478 e. The van der Waals surface area contributed by atoms with Gasteiger partial charge in [0.05, 0.1) is 22.1 Å². The topological polar surface area (TPSA) is 40.5 Å². The molecule has 0 aliphatic heterocycles. The van der Waals surface area contributed by atoms with Crippen molar-refractivity contribution in [1.82, 2.24) is 0 Å². The van der Waals surface area contributed by atoms with E-state index in [0.717, 1.165) is 14.1 Å². The zero-order chi connectivity index (χ0) is 14.7. The number of thioether (sulfide) groups is 1. The third-order valence-electron chi connectivity index (χ3n) is 2.87. The summed E-state index contributed by atoms with van der Waals surface area (Å²) in [4.78, 5) is 15.3. The van der Waals surface area contributed by atoms with Gasteiger partial charge in [0.15, 0.2) is 0 Å². The van der Waals surface area contributed by atoms with E-state index in [1.165, 1.54) is 23.1 Å². The summed E-state index contributed by atoms with van der Waals surface area (Å²) in [5, 5.41) is 9.44. The summed E-state index contributed by atoms with van der Waals surface area (Å²) < 4.78 is 0.740. The Morgan fingerprint density at radius 1 is 1.40 bits per heavy atom. The predicted molar refractivity (Wildman–Crippen MR) is 86.6 cm³/mol. The Hall–Kier alpha value is -1.17. The first kappa shape index (κ1) is 15.2. The Kier molecular flexibility index (Phi) is 4.96. The average molecular weight is 328 g/mol. The molecule has 0 saturated carbocycles. The van der Waals surface area contributed by atoms with Gasteiger partial charge in [-0.25, -0.2) is 4.79 Å². The van der Waals surface area contributed by atoms with Gasteiger partial charge in [0.2, 0.25) is 0 Å². The molecule has 1 aromatic carbocycles. The molecule has 20 heavy (non-hydrogen) atoms. The van der Waals surface area contributed by atoms with Gasteiger partial charge in [0, 0.05) is 16.8 Å². The second-order valence-corrected chi connectivity index (χ2v) is 6.87. The van der Waals surface area contributed by atoms with Crippen molar-refractivity contribution in [2.45, 2.75) is 11.4 Å². The van der Waals surface area contributed by atoms with Crippen molar-refractivity contribution in [2.75, 3.05) is 18.2 Å². The van der Waals surface area contributed by atoms with Gasteiger partial charge in [-0.05, 0) is 30.5 Å². The summed E-state index contributed by atoms with van der Waals surface area (Å²) >= 11 is 8.87. The molecule has 6 heteroatoms. The van der Waals surface area contributed by atoms with Crippen molar-refractivity contribution < 1.29 is 9.90 Å². The zero-order valence-electron chi connectivity index (χ0n) is 11.1. The summed E-state index contributed by atoms with van der Waals surface area (Å²) in [5.74, 6) is -0.902. The third kappa shape index (κ3) is 3.29. The number of anilines is 1. The van der Waals surface area contributed by atoms with Crippen LogP contribution in [0.25, 0.3) is 0 Å². The maximum absolute atomic E-state index is 11.5. The number of carboxylic acid groups (broad SMARTS) is 1. The van der Waals surface area contributed by atoms with E-state index in [9.17, 15) is 9.90 Å². The Morgan fingerprint density at radius 3 is 2.70 bits per heavy atom. The second kappa shape index (κ2) is 6.52. The molecule has 0 spiro atoms. The maximum atomic E-state index is 11.5. The molecule has 0 saturated heterocycles. The number of aromatic carboxylic acids is 1. The zero-order valence-corrected chi connectivity index (χ0v) is 13.5. The Morgan fingerprint density at radius 2 is 2.15 bits per heavy atom. The van der Waals surface area contributed by atoms with Crippen LogP contribution in [0, 0.1) is 0 Å². The highest BCUT2D eigenvalue weighted by Crippen LogP contribution is 2.31. The number of rotatable bonds is 5. The number of hydrogen-bond acceptors (Lipinski definition) is 4. The molecular formula is C14H14ClNO2S2. The third-order valence-corrected chi connectivity index (χ3v) is 4.87. The molecule has 2 aromatic rings. The van der Waals surface area contributed by atoms with Gasteiger partial charge in [0.25, 0.3) is 0 Å². The van der Waals surface area contributed by atoms with Crippen molar-refractivity contribution in [3.63, 3.8) is 0 Å². The normalized spacial score (nSPS) is 10.6. The van der Waals surface area contributed by atoms with Gasteiger partial charge in [-0.15, -0.1) is 23.1 Å². The van der Waals surface area contributed by atoms with Crippen molar-refractivity contribution in [3.05, 3.63) is 45.1 Å². The van der Waals surface area contributed by atoms with Crippen LogP contribution < -0.4 is 4.90 Å². The van der Waals surface area contributed by atoms with Gasteiger partial charge in [-0.1, -0.05) is 17.7 Å². The quantitative estimate of drug-likeness (QED) is 0.823. The molecule has 0 fully saturated rings. The second-order valence-electron chi connectivity index (χ2n) is 4.22. The number of benzene rings is 1. The molecule has 2 rings (SSSR count). The van der Waals surface area contributed by atoms with Crippen molar-refractivity contribution in [3.8, 4) is 0 Å². The van der Waals surface area contributed by atoms with Crippen molar-refractivity contribution in [1.29, 1.82) is 0 Å². The van der Waals surface area contributed by atoms with E-state index >= 15 is 0 Å². The summed E-state index contributed by atoms with van der Waals surface area (Å²) in [5.41, 5.74) is 1.07. The first-order valence-corrected chi connectivity index (χ1v) is 8.30. The van der Waals surface area contributed by atoms with Gasteiger partial charge < -0.3 is 10.0 Å². The fourth-order valence-corrected chi connectivity index (χ4v) is 3.73. The van der Waals surface area contributed by atoms with E-state index < -0.39 is 5.97 Å². The monoisotopic (exact) mass is 327 g/mol. The molecule has 0 radical (unpaired) electrons. The van der Waals surface area contributed by atoms with Crippen LogP contribution in [0.15, 0.2) is 35.2 Å². The molecule has 0 amide bonds. The Labute approximate surface area is 131 Å². The van der Waals surface area contributed by atoms with Gasteiger partial charge in [-0.2, -0.15) is 0 Å². The fourth-order valence-electron chi connectivity index (χ4n) is 1.98. The number of carboxylic acids is 1. The number of thiophene rings is 1. The Bertz CT molecular complexity index is 627. The predicted octanol–water partition coefficient (Wildman–Crippen LogP) is 4.46. The molecule has 3 nitrogen and oxygen atoms in total. The molecule has 0 aliphatic carbocycles. The molecule has 1 N–H and O–H groups in total. The molecule has 1 aromatic heterocycles. The van der Waals surface area contributed by atoms with Crippen LogP contribution in [0.1, 0.15) is 15.2 Å². The summed E-state index contributed by atoms with van der Waals surface area (Å²) in [6, 6.07) is 9.35. The first-order chi connectivity index (χ1) is 9.52. The fraction of sp³-hybridized carbons (Fsp3) is 0.214. The highest BCUT2D eigenvalue weighted by Gasteiger charge is 2.18. The van der Waals surface area contributed by atoms with Crippen LogP contribution in [0.4, 0.5) is 5.69 Å². The minimum absolute atomic E-state index is 0.352. The number of halogens is 1. The summed E-state index contributed by atoms with van der Waals surface area (Å²) in [6.07, 6.45) is 1.88. The van der Waals surface area contributed by atoms with E-state index in [1.807, 2.05) is 48.5 Å². The minimum atomic E-state index is -0.902. The van der Waals surface area contributed by atoms with E-state index in [1.54, 1.807) is 0 Å². The molecule has 0 unspecified atom stereocenters. The lowest BCUT2D eigenvalue weighted by Gasteiger charge is -2.21. The van der Waals surface area contributed by atoms with Crippen molar-refractivity contribution in [2.24, 2.45) is 0 Å². The molecule has 0 aliphatic rings. The standard InChI is InChI=1S/C14H14ClNO2S2/c1-16(8-9-6-7-12(15)20-9)10-4-3-5-11(19-2)13(10)14(17)18/h3-7H,8H2,1-2H3,(H,17,18). The molecular weight excluding hydrogens is 314 g/mol. The van der Waals surface area contributed by atoms with Crippen LogP contribution in [0.2, 0.25) is 4.34 Å². The van der Waals surface area contributed by atoms with E-state index in [4.69, 9.17) is 11.6 Å². The summed E-state index contributed by atoms with van der Waals surface area (Å²) in [6.45, 7) is 0.634. The van der Waals surface area contributed by atoms with Crippen LogP contribution in [0.5, 0.6) is 0 Å². The van der Waals surface area contributed by atoms with Gasteiger partial charge >= 0.3 is 5.97 Å². The smallest absolute Gasteiger partial charge is 0.338 e. The summed E-state index contributed by atoms with van der Waals surface area (Å²) in [7, 11) is 1.89. The molecule has 1 heterocycles. The number of nitrogens with zero attached hydrogens (tertiary/aromatic N) is 1. The SMILES string of the molecule is CSc1cccc(N(C)Cc2ccc(Cl)s2)c1C(=O)O. The van der Waals surface area contributed by atoms with Crippen LogP contribution in [-0.4, -0.2) is 24.4 Å². The lowest BCUT2D eigenvalue weighted by Crippen LogP contribution is -2.19. The van der Waals surface area contributed by atoms with Crippen LogP contribution in [-0.2, 0) is 6.54 Å². The lowest BCUT2D eigenvalue weighted by atomic mass is 10.1. The van der Waals surface area contributed by atoms with Gasteiger partial charge in [-0.3, -0.25) is 0 Å². The first-order valence-electron chi connectivity index (χ1n) is 5.88. The maximum Gasteiger partial charge on any atom is 0.338 e. The van der Waals surface area contributed by atoms with Gasteiger partial charge in [0.1, 0.15) is 0 Å². The average Bonchev–Trinajstić information content (AvgIpc) is 2.82.